The van der Waals surface area contributed by atoms with E-state index >= 15 is 4.39 Å². The zero-order valence-corrected chi connectivity index (χ0v) is 28.4. The van der Waals surface area contributed by atoms with Crippen LogP contribution in [0.1, 0.15) is 25.7 Å². The van der Waals surface area contributed by atoms with Crippen LogP contribution in [-0.4, -0.2) is 85.3 Å². The number of benzene rings is 3. The highest BCUT2D eigenvalue weighted by Gasteiger charge is 2.28. The van der Waals surface area contributed by atoms with Crippen LogP contribution in [0, 0.1) is 5.82 Å². The van der Waals surface area contributed by atoms with Gasteiger partial charge in [-0.2, -0.15) is 9.97 Å². The van der Waals surface area contributed by atoms with Gasteiger partial charge in [-0.05, 0) is 68.9 Å². The molecule has 2 saturated heterocycles. The van der Waals surface area contributed by atoms with Crippen molar-refractivity contribution in [2.75, 3.05) is 58.3 Å². The number of methoxy groups -OCH3 is 1. The number of anilines is 1. The van der Waals surface area contributed by atoms with Crippen LogP contribution in [0.15, 0.2) is 71.1 Å². The van der Waals surface area contributed by atoms with E-state index in [2.05, 4.69) is 26.9 Å². The van der Waals surface area contributed by atoms with Gasteiger partial charge in [0.25, 0.3) is 5.91 Å². The lowest BCUT2D eigenvalue weighted by Gasteiger charge is -2.35. The predicted octanol–water partition coefficient (Wildman–Crippen LogP) is 7.87. The Labute approximate surface area is 288 Å². The molecule has 1 aromatic heterocycles. The lowest BCUT2D eigenvalue weighted by atomic mass is 9.96. The van der Waals surface area contributed by atoms with Crippen molar-refractivity contribution >= 4 is 62.8 Å². The second-order valence-electron chi connectivity index (χ2n) is 11.9. The van der Waals surface area contributed by atoms with Gasteiger partial charge < -0.3 is 19.4 Å². The number of aromatic nitrogens is 2. The summed E-state index contributed by atoms with van der Waals surface area (Å²) in [5.74, 6) is -1.79. The normalized spacial score (nSPS) is 17.0. The number of likely N-dealkylation sites (tertiary alicyclic amines) is 1. The van der Waals surface area contributed by atoms with E-state index < -0.39 is 17.6 Å². The number of hydrogen-bond acceptors (Lipinski definition) is 7. The number of hydrogen-bond donors (Lipinski definition) is 0. The van der Waals surface area contributed by atoms with Gasteiger partial charge in [0.15, 0.2) is 11.6 Å². The lowest BCUT2D eigenvalue weighted by molar-refractivity contribution is -0.129. The van der Waals surface area contributed by atoms with Gasteiger partial charge in [-0.1, -0.05) is 59.6 Å². The van der Waals surface area contributed by atoms with Crippen molar-refractivity contribution in [1.29, 1.82) is 0 Å². The van der Waals surface area contributed by atoms with Crippen LogP contribution >= 0.6 is 23.2 Å². The SMILES string of the molecule is CN1CCCC1.COc1nc(N2CCN(C(=O)/C(F)=C/C3=CCCC=N3)CC2)c2cc(Cl)c(-c3cccc4cccc(Cl)c34)c(F)c2n1. The first-order valence-electron chi connectivity index (χ1n) is 16.0. The minimum Gasteiger partial charge on any atom is -0.467 e. The number of ether oxygens (including phenoxy) is 1. The quantitative estimate of drug-likeness (QED) is 0.198. The predicted molar refractivity (Wildman–Crippen MR) is 190 cm³/mol. The zero-order chi connectivity index (χ0) is 33.8. The molecular formula is C36H36Cl2F2N6O2. The molecule has 3 aliphatic rings. The van der Waals surface area contributed by atoms with Crippen molar-refractivity contribution < 1.29 is 18.3 Å². The number of carbonyl (C=O) groups is 1. The molecule has 2 fully saturated rings. The minimum absolute atomic E-state index is 0.0191. The second kappa shape index (κ2) is 15.0. The van der Waals surface area contributed by atoms with Gasteiger partial charge in [0, 0.05) is 59.8 Å². The first-order chi connectivity index (χ1) is 23.2. The molecule has 3 aliphatic heterocycles. The van der Waals surface area contributed by atoms with E-state index in [-0.39, 0.29) is 35.2 Å². The fourth-order valence-corrected chi connectivity index (χ4v) is 6.78. The largest absolute Gasteiger partial charge is 0.467 e. The molecule has 7 rings (SSSR count). The molecule has 3 aromatic carbocycles. The first-order valence-corrected chi connectivity index (χ1v) is 16.7. The third-order valence-electron chi connectivity index (χ3n) is 8.71. The monoisotopic (exact) mass is 692 g/mol. The molecule has 48 heavy (non-hydrogen) atoms. The molecule has 0 radical (unpaired) electrons. The van der Waals surface area contributed by atoms with Gasteiger partial charge in [-0.15, -0.1) is 0 Å². The molecule has 0 N–H and O–H groups in total. The third kappa shape index (κ3) is 7.16. The highest BCUT2D eigenvalue weighted by atomic mass is 35.5. The Balaban J connectivity index is 0.000000604. The summed E-state index contributed by atoms with van der Waals surface area (Å²) in [5, 5.41) is 2.56. The van der Waals surface area contributed by atoms with E-state index in [9.17, 15) is 9.18 Å². The summed E-state index contributed by atoms with van der Waals surface area (Å²) in [6.45, 7) is 3.77. The Kier molecular flexibility index (Phi) is 10.5. The topological polar surface area (TPSA) is 74.2 Å². The molecule has 12 heteroatoms. The molecule has 4 heterocycles. The van der Waals surface area contributed by atoms with Gasteiger partial charge >= 0.3 is 6.01 Å². The van der Waals surface area contributed by atoms with Crippen LogP contribution in [0.2, 0.25) is 10.0 Å². The Bertz CT molecular complexity index is 1930. The average Bonchev–Trinajstić information content (AvgIpc) is 3.59. The van der Waals surface area contributed by atoms with Gasteiger partial charge in [0.1, 0.15) is 11.3 Å². The van der Waals surface area contributed by atoms with Crippen LogP contribution in [0.4, 0.5) is 14.6 Å². The van der Waals surface area contributed by atoms with E-state index in [1.165, 1.54) is 44.0 Å². The summed E-state index contributed by atoms with van der Waals surface area (Å²) in [6, 6.07) is 12.6. The summed E-state index contributed by atoms with van der Waals surface area (Å²) in [6.07, 6.45) is 9.05. The minimum atomic E-state index is -0.863. The first kappa shape index (κ1) is 33.8. The number of carbonyl (C=O) groups excluding carboxylic acids is 1. The number of aliphatic imine (C=N–C) groups is 1. The molecule has 0 saturated carbocycles. The maximum Gasteiger partial charge on any atom is 0.318 e. The average molecular weight is 694 g/mol. The molecular weight excluding hydrogens is 657 g/mol. The lowest BCUT2D eigenvalue weighted by Crippen LogP contribution is -2.49. The third-order valence-corrected chi connectivity index (χ3v) is 9.33. The fourth-order valence-electron chi connectivity index (χ4n) is 6.21. The van der Waals surface area contributed by atoms with Crippen molar-refractivity contribution in [2.24, 2.45) is 4.99 Å². The molecule has 0 aliphatic carbocycles. The van der Waals surface area contributed by atoms with Crippen LogP contribution < -0.4 is 9.64 Å². The number of allylic oxidation sites excluding steroid dienone is 2. The summed E-state index contributed by atoms with van der Waals surface area (Å²) in [7, 11) is 3.58. The number of rotatable bonds is 5. The Morgan fingerprint density at radius 1 is 0.958 bits per heavy atom. The van der Waals surface area contributed by atoms with Crippen molar-refractivity contribution in [3.63, 3.8) is 0 Å². The summed E-state index contributed by atoms with van der Waals surface area (Å²) in [4.78, 5) is 31.4. The highest BCUT2D eigenvalue weighted by Crippen LogP contribution is 2.42. The number of amides is 1. The molecule has 4 aromatic rings. The van der Waals surface area contributed by atoms with E-state index in [4.69, 9.17) is 27.9 Å². The van der Waals surface area contributed by atoms with Crippen molar-refractivity contribution in [2.45, 2.75) is 25.7 Å². The maximum absolute atomic E-state index is 16.4. The Hall–Kier alpha value is -4.12. The zero-order valence-electron chi connectivity index (χ0n) is 26.9. The van der Waals surface area contributed by atoms with Gasteiger partial charge in [-0.3, -0.25) is 9.79 Å². The van der Waals surface area contributed by atoms with E-state index in [1.807, 2.05) is 29.2 Å². The van der Waals surface area contributed by atoms with Gasteiger partial charge in [-0.25, -0.2) is 8.78 Å². The molecule has 0 unspecified atom stereocenters. The summed E-state index contributed by atoms with van der Waals surface area (Å²) in [5.41, 5.74) is 1.19. The molecule has 0 spiro atoms. The molecule has 250 valence electrons. The fraction of sp³-hybridized carbons (Fsp3) is 0.333. The van der Waals surface area contributed by atoms with E-state index in [0.717, 1.165) is 18.2 Å². The summed E-state index contributed by atoms with van der Waals surface area (Å²) < 4.78 is 36.4. The van der Waals surface area contributed by atoms with E-state index in [1.54, 1.807) is 30.5 Å². The molecule has 1 amide bonds. The molecule has 0 bridgehead atoms. The summed E-state index contributed by atoms with van der Waals surface area (Å²) >= 11 is 13.3. The van der Waals surface area contributed by atoms with Gasteiger partial charge in [0.05, 0.1) is 17.8 Å². The Morgan fingerprint density at radius 3 is 2.33 bits per heavy atom. The van der Waals surface area contributed by atoms with Gasteiger partial charge in [0.2, 0.25) is 0 Å². The number of piperazine rings is 1. The van der Waals surface area contributed by atoms with Crippen LogP contribution in [-0.2, 0) is 4.79 Å². The standard InChI is InChI=1S/C31H25Cl2F2N5O2.C5H11N/c1-42-31-37-28-21(17-23(33)26(27(28)35)20-9-4-6-18-7-5-10-22(32)25(18)20)29(38-31)39-12-14-40(15-13-39)30(41)24(34)16-19-8-2-3-11-36-19;1-6-4-2-3-5-6/h4-11,16-17H,2-3,12-15H2,1H3;2-5H2,1H3/b24-16-;. The highest BCUT2D eigenvalue weighted by molar-refractivity contribution is 6.38. The Morgan fingerprint density at radius 2 is 1.69 bits per heavy atom. The maximum atomic E-state index is 16.4. The van der Waals surface area contributed by atoms with Crippen molar-refractivity contribution in [3.8, 4) is 17.1 Å². The number of fused-ring (bicyclic) bond motifs is 2. The number of halogens is 4. The van der Waals surface area contributed by atoms with Crippen LogP contribution in [0.25, 0.3) is 32.8 Å². The van der Waals surface area contributed by atoms with Crippen LogP contribution in [0.3, 0.4) is 0 Å². The smallest absolute Gasteiger partial charge is 0.318 e. The van der Waals surface area contributed by atoms with E-state index in [0.29, 0.717) is 46.0 Å². The van der Waals surface area contributed by atoms with Crippen LogP contribution in [0.5, 0.6) is 6.01 Å². The van der Waals surface area contributed by atoms with Crippen molar-refractivity contribution in [1.82, 2.24) is 19.8 Å². The molecule has 8 nitrogen and oxygen atoms in total. The second-order valence-corrected chi connectivity index (χ2v) is 12.7. The van der Waals surface area contributed by atoms with Crippen molar-refractivity contribution in [3.05, 3.63) is 82.0 Å². The molecule has 0 atom stereocenters. The number of nitrogens with zero attached hydrogens (tertiary/aromatic N) is 6.